The first-order chi connectivity index (χ1) is 9.84. The van der Waals surface area contributed by atoms with Crippen LogP contribution < -0.4 is 11.1 Å². The van der Waals surface area contributed by atoms with Gasteiger partial charge in [-0.05, 0) is 25.0 Å². The molecule has 1 aliphatic rings. The van der Waals surface area contributed by atoms with Crippen LogP contribution in [0.2, 0.25) is 0 Å². The molecule has 0 saturated heterocycles. The van der Waals surface area contributed by atoms with Crippen molar-refractivity contribution in [3.8, 4) is 0 Å². The fourth-order valence-electron chi connectivity index (χ4n) is 2.75. The Labute approximate surface area is 123 Å². The van der Waals surface area contributed by atoms with Gasteiger partial charge < -0.3 is 15.8 Å². The van der Waals surface area contributed by atoms with Crippen LogP contribution in [0.4, 0.5) is 11.4 Å². The summed E-state index contributed by atoms with van der Waals surface area (Å²) in [5.74, 6) is 0. The van der Waals surface area contributed by atoms with Crippen LogP contribution >= 0.6 is 11.3 Å². The van der Waals surface area contributed by atoms with Gasteiger partial charge in [0.05, 0.1) is 34.3 Å². The van der Waals surface area contributed by atoms with E-state index in [0.717, 1.165) is 34.7 Å². The molecule has 0 radical (unpaired) electrons. The zero-order chi connectivity index (χ0) is 13.8. The lowest BCUT2D eigenvalue weighted by molar-refractivity contribution is 0.0347. The van der Waals surface area contributed by atoms with Gasteiger partial charge in [0, 0.05) is 6.54 Å². The van der Waals surface area contributed by atoms with Crippen molar-refractivity contribution >= 4 is 32.9 Å². The third kappa shape index (κ3) is 3.04. The molecule has 1 aromatic heterocycles. The lowest BCUT2D eigenvalue weighted by Gasteiger charge is -2.22. The highest BCUT2D eigenvalue weighted by atomic mass is 32.1. The molecule has 0 amide bonds. The van der Waals surface area contributed by atoms with E-state index in [1.807, 2.05) is 11.6 Å². The summed E-state index contributed by atoms with van der Waals surface area (Å²) < 4.78 is 7.03. The van der Waals surface area contributed by atoms with Gasteiger partial charge in [-0.2, -0.15) is 0 Å². The van der Waals surface area contributed by atoms with Crippen LogP contribution in [0.5, 0.6) is 0 Å². The number of thiazole rings is 1. The van der Waals surface area contributed by atoms with Crippen LogP contribution in [-0.4, -0.2) is 24.2 Å². The number of nitrogens with zero attached hydrogens (tertiary/aromatic N) is 1. The molecule has 1 fully saturated rings. The van der Waals surface area contributed by atoms with E-state index in [2.05, 4.69) is 16.4 Å². The van der Waals surface area contributed by atoms with Crippen LogP contribution in [0.3, 0.4) is 0 Å². The van der Waals surface area contributed by atoms with Gasteiger partial charge in [0.25, 0.3) is 0 Å². The molecule has 3 rings (SSSR count). The SMILES string of the molecule is Nc1c(NCCOC2CCCCC2)ccc2scnc12. The summed E-state index contributed by atoms with van der Waals surface area (Å²) in [5.41, 5.74) is 10.5. The molecule has 3 N–H and O–H groups in total. The molecular weight excluding hydrogens is 270 g/mol. The number of hydrogen-bond acceptors (Lipinski definition) is 5. The van der Waals surface area contributed by atoms with E-state index in [1.54, 1.807) is 11.3 Å². The maximum atomic E-state index is 6.13. The Kier molecular flexibility index (Phi) is 4.38. The Balaban J connectivity index is 1.50. The van der Waals surface area contributed by atoms with E-state index < -0.39 is 0 Å². The normalized spacial score (nSPS) is 16.6. The fourth-order valence-corrected chi connectivity index (χ4v) is 3.44. The monoisotopic (exact) mass is 291 g/mol. The minimum absolute atomic E-state index is 0.462. The van der Waals surface area contributed by atoms with Crippen molar-refractivity contribution in [3.05, 3.63) is 17.6 Å². The van der Waals surface area contributed by atoms with Crippen molar-refractivity contribution in [2.75, 3.05) is 24.2 Å². The Morgan fingerprint density at radius 2 is 2.15 bits per heavy atom. The average Bonchev–Trinajstić information content (AvgIpc) is 2.96. The maximum Gasteiger partial charge on any atom is 0.106 e. The predicted molar refractivity (Wildman–Crippen MR) is 85.3 cm³/mol. The zero-order valence-corrected chi connectivity index (χ0v) is 12.4. The van der Waals surface area contributed by atoms with E-state index >= 15 is 0 Å². The summed E-state index contributed by atoms with van der Waals surface area (Å²) in [4.78, 5) is 4.30. The topological polar surface area (TPSA) is 60.2 Å². The van der Waals surface area contributed by atoms with Crippen LogP contribution in [-0.2, 0) is 4.74 Å². The first-order valence-electron chi connectivity index (χ1n) is 7.32. The minimum atomic E-state index is 0.462. The van der Waals surface area contributed by atoms with E-state index in [4.69, 9.17) is 10.5 Å². The standard InChI is InChI=1S/C15H21N3OS/c16-14-12(6-7-13-15(14)18-10-20-13)17-8-9-19-11-4-2-1-3-5-11/h6-7,10-11,17H,1-5,8-9,16H2. The Bertz CT molecular complexity index is 563. The highest BCUT2D eigenvalue weighted by Crippen LogP contribution is 2.29. The number of nitrogen functional groups attached to an aromatic ring is 1. The summed E-state index contributed by atoms with van der Waals surface area (Å²) in [7, 11) is 0. The first kappa shape index (κ1) is 13.6. The number of rotatable bonds is 5. The van der Waals surface area contributed by atoms with Gasteiger partial charge in [-0.15, -0.1) is 11.3 Å². The highest BCUT2D eigenvalue weighted by molar-refractivity contribution is 7.16. The van der Waals surface area contributed by atoms with Crippen molar-refractivity contribution in [2.24, 2.45) is 0 Å². The van der Waals surface area contributed by atoms with Gasteiger partial charge >= 0.3 is 0 Å². The lowest BCUT2D eigenvalue weighted by Crippen LogP contribution is -2.20. The van der Waals surface area contributed by atoms with Crippen LogP contribution in [0.1, 0.15) is 32.1 Å². The van der Waals surface area contributed by atoms with Gasteiger partial charge in [-0.3, -0.25) is 0 Å². The molecule has 20 heavy (non-hydrogen) atoms. The number of nitrogens with two attached hydrogens (primary N) is 1. The van der Waals surface area contributed by atoms with Crippen molar-refractivity contribution in [2.45, 2.75) is 38.2 Å². The molecule has 5 heteroatoms. The third-order valence-electron chi connectivity index (χ3n) is 3.86. The summed E-state index contributed by atoms with van der Waals surface area (Å²) in [6.07, 6.45) is 6.88. The van der Waals surface area contributed by atoms with Crippen molar-refractivity contribution in [1.82, 2.24) is 4.98 Å². The summed E-state index contributed by atoms with van der Waals surface area (Å²) in [6.45, 7) is 1.52. The molecule has 1 heterocycles. The molecule has 1 aliphatic carbocycles. The first-order valence-corrected chi connectivity index (χ1v) is 8.20. The number of nitrogens with one attached hydrogen (secondary N) is 1. The molecule has 0 spiro atoms. The Morgan fingerprint density at radius 3 is 3.00 bits per heavy atom. The van der Waals surface area contributed by atoms with E-state index in [-0.39, 0.29) is 0 Å². The maximum absolute atomic E-state index is 6.13. The molecule has 4 nitrogen and oxygen atoms in total. The molecule has 0 atom stereocenters. The predicted octanol–water partition coefficient (Wildman–Crippen LogP) is 3.64. The molecule has 0 unspecified atom stereocenters. The zero-order valence-electron chi connectivity index (χ0n) is 11.6. The molecule has 1 aromatic carbocycles. The molecule has 1 saturated carbocycles. The van der Waals surface area contributed by atoms with Gasteiger partial charge in [-0.25, -0.2) is 4.98 Å². The Morgan fingerprint density at radius 1 is 1.30 bits per heavy atom. The van der Waals surface area contributed by atoms with Gasteiger partial charge in [0.15, 0.2) is 0 Å². The van der Waals surface area contributed by atoms with Gasteiger partial charge in [-0.1, -0.05) is 19.3 Å². The molecule has 2 aromatic rings. The largest absolute Gasteiger partial charge is 0.395 e. The molecule has 0 aliphatic heterocycles. The number of ether oxygens (including phenoxy) is 1. The number of anilines is 2. The van der Waals surface area contributed by atoms with Gasteiger partial charge in [0.2, 0.25) is 0 Å². The second-order valence-electron chi connectivity index (χ2n) is 5.28. The smallest absolute Gasteiger partial charge is 0.106 e. The van der Waals surface area contributed by atoms with E-state index in [9.17, 15) is 0 Å². The van der Waals surface area contributed by atoms with E-state index in [1.165, 1.54) is 32.1 Å². The Hall–Kier alpha value is -1.33. The van der Waals surface area contributed by atoms with Crippen molar-refractivity contribution in [3.63, 3.8) is 0 Å². The second-order valence-corrected chi connectivity index (χ2v) is 6.17. The van der Waals surface area contributed by atoms with E-state index in [0.29, 0.717) is 6.10 Å². The van der Waals surface area contributed by atoms with Crippen LogP contribution in [0, 0.1) is 0 Å². The molecule has 108 valence electrons. The summed E-state index contributed by atoms with van der Waals surface area (Å²) in [5, 5.41) is 3.35. The van der Waals surface area contributed by atoms with Crippen LogP contribution in [0.15, 0.2) is 17.6 Å². The number of hydrogen-bond donors (Lipinski definition) is 2. The average molecular weight is 291 g/mol. The number of benzene rings is 1. The minimum Gasteiger partial charge on any atom is -0.395 e. The van der Waals surface area contributed by atoms with Gasteiger partial charge in [0.1, 0.15) is 5.52 Å². The summed E-state index contributed by atoms with van der Waals surface area (Å²) in [6, 6.07) is 4.09. The summed E-state index contributed by atoms with van der Waals surface area (Å²) >= 11 is 1.61. The van der Waals surface area contributed by atoms with Crippen LogP contribution in [0.25, 0.3) is 10.2 Å². The quantitative estimate of drug-likeness (QED) is 0.652. The highest BCUT2D eigenvalue weighted by Gasteiger charge is 2.13. The molecule has 0 bridgehead atoms. The number of fused-ring (bicyclic) bond motifs is 1. The fraction of sp³-hybridized carbons (Fsp3) is 0.533. The molecular formula is C15H21N3OS. The second kappa shape index (κ2) is 6.41. The number of aromatic nitrogens is 1. The third-order valence-corrected chi connectivity index (χ3v) is 4.66. The van der Waals surface area contributed by atoms with Crippen molar-refractivity contribution in [1.29, 1.82) is 0 Å². The van der Waals surface area contributed by atoms with Crippen molar-refractivity contribution < 1.29 is 4.74 Å². The lowest BCUT2D eigenvalue weighted by atomic mass is 9.98.